The summed E-state index contributed by atoms with van der Waals surface area (Å²) in [6.45, 7) is 6.38. The zero-order chi connectivity index (χ0) is 21.5. The number of anilines is 1. The predicted molar refractivity (Wildman–Crippen MR) is 117 cm³/mol. The highest BCUT2D eigenvalue weighted by molar-refractivity contribution is 5.99. The number of amides is 2. The summed E-state index contributed by atoms with van der Waals surface area (Å²) in [5.74, 6) is -0.274. The van der Waals surface area contributed by atoms with Crippen LogP contribution in [0.25, 0.3) is 0 Å². The van der Waals surface area contributed by atoms with Crippen molar-refractivity contribution in [2.24, 2.45) is 5.92 Å². The topological polar surface area (TPSA) is 61.4 Å². The number of benzene rings is 2. The highest BCUT2D eigenvalue weighted by atomic mass is 19.1. The van der Waals surface area contributed by atoms with Crippen LogP contribution in [0, 0.1) is 11.7 Å². The molecular formula is C24H30FN3O2. The van der Waals surface area contributed by atoms with E-state index in [-0.39, 0.29) is 17.9 Å². The number of piperidine rings is 1. The van der Waals surface area contributed by atoms with Crippen LogP contribution in [-0.2, 0) is 0 Å². The molecule has 2 aromatic carbocycles. The number of rotatable bonds is 7. The summed E-state index contributed by atoms with van der Waals surface area (Å²) in [5, 5.41) is 6.03. The van der Waals surface area contributed by atoms with Crippen molar-refractivity contribution in [3.8, 4) is 0 Å². The third-order valence-corrected chi connectivity index (χ3v) is 5.71. The number of nitrogens with one attached hydrogen (secondary N) is 2. The predicted octanol–water partition coefficient (Wildman–Crippen LogP) is 4.00. The van der Waals surface area contributed by atoms with E-state index in [9.17, 15) is 14.0 Å². The minimum absolute atomic E-state index is 0.0309. The van der Waals surface area contributed by atoms with Crippen LogP contribution in [-0.4, -0.2) is 37.5 Å². The molecule has 5 nitrogen and oxygen atoms in total. The molecule has 160 valence electrons. The van der Waals surface area contributed by atoms with Crippen molar-refractivity contribution in [3.05, 3.63) is 65.5 Å². The maximum absolute atomic E-state index is 13.3. The highest BCUT2D eigenvalue weighted by Gasteiger charge is 2.24. The lowest BCUT2D eigenvalue weighted by Gasteiger charge is -2.35. The monoisotopic (exact) mass is 411 g/mol. The molecule has 0 aromatic heterocycles. The maximum atomic E-state index is 13.3. The summed E-state index contributed by atoms with van der Waals surface area (Å²) in [7, 11) is 0. The van der Waals surface area contributed by atoms with Gasteiger partial charge >= 0.3 is 0 Å². The fourth-order valence-electron chi connectivity index (χ4n) is 3.61. The normalized spacial score (nSPS) is 15.5. The van der Waals surface area contributed by atoms with Crippen LogP contribution in [0.1, 0.15) is 53.8 Å². The molecule has 2 amide bonds. The first-order chi connectivity index (χ1) is 14.5. The summed E-state index contributed by atoms with van der Waals surface area (Å²) in [6, 6.07) is 13.4. The van der Waals surface area contributed by atoms with Crippen LogP contribution in [0.15, 0.2) is 48.5 Å². The Bertz CT molecular complexity index is 878. The molecule has 0 bridgehead atoms. The van der Waals surface area contributed by atoms with E-state index in [0.717, 1.165) is 38.0 Å². The molecule has 0 aliphatic carbocycles. The van der Waals surface area contributed by atoms with Crippen molar-refractivity contribution in [2.75, 3.05) is 24.5 Å². The van der Waals surface area contributed by atoms with E-state index < -0.39 is 5.82 Å². The SMILES string of the molecule is CC[C@@H](C)CNC(=O)c1ccccc1N1CCC(NC(=O)c2cccc(F)c2)CC1. The average molecular weight is 412 g/mol. The van der Waals surface area contributed by atoms with E-state index in [2.05, 4.69) is 29.4 Å². The van der Waals surface area contributed by atoms with Gasteiger partial charge in [-0.15, -0.1) is 0 Å². The second kappa shape index (κ2) is 10.2. The molecule has 3 rings (SSSR count). The second-order valence-electron chi connectivity index (χ2n) is 7.99. The van der Waals surface area contributed by atoms with Crippen LogP contribution in [0.5, 0.6) is 0 Å². The number of para-hydroxylation sites is 1. The molecule has 0 spiro atoms. The zero-order valence-corrected chi connectivity index (χ0v) is 17.7. The van der Waals surface area contributed by atoms with Gasteiger partial charge in [0, 0.05) is 36.9 Å². The maximum Gasteiger partial charge on any atom is 0.253 e. The Labute approximate surface area is 177 Å². The fraction of sp³-hybridized carbons (Fsp3) is 0.417. The van der Waals surface area contributed by atoms with Crippen LogP contribution in [0.4, 0.5) is 10.1 Å². The molecule has 0 saturated carbocycles. The molecule has 1 aliphatic heterocycles. The van der Waals surface area contributed by atoms with Gasteiger partial charge in [0.05, 0.1) is 5.56 Å². The summed E-state index contributed by atoms with van der Waals surface area (Å²) >= 11 is 0. The van der Waals surface area contributed by atoms with Crippen LogP contribution in [0.2, 0.25) is 0 Å². The van der Waals surface area contributed by atoms with Crippen molar-refractivity contribution in [3.63, 3.8) is 0 Å². The van der Waals surface area contributed by atoms with Gasteiger partial charge < -0.3 is 15.5 Å². The molecule has 1 saturated heterocycles. The van der Waals surface area contributed by atoms with E-state index in [0.29, 0.717) is 23.6 Å². The Hall–Kier alpha value is -2.89. The molecule has 30 heavy (non-hydrogen) atoms. The largest absolute Gasteiger partial charge is 0.371 e. The molecule has 0 radical (unpaired) electrons. The molecule has 2 N–H and O–H groups in total. The number of halogens is 1. The molecule has 2 aromatic rings. The Morgan fingerprint density at radius 1 is 1.10 bits per heavy atom. The molecule has 0 unspecified atom stereocenters. The molecule has 1 heterocycles. The minimum atomic E-state index is -0.416. The quantitative estimate of drug-likeness (QED) is 0.724. The Morgan fingerprint density at radius 2 is 1.83 bits per heavy atom. The number of carbonyl (C=O) groups is 2. The van der Waals surface area contributed by atoms with Crippen molar-refractivity contribution >= 4 is 17.5 Å². The smallest absolute Gasteiger partial charge is 0.253 e. The van der Waals surface area contributed by atoms with E-state index in [1.807, 2.05) is 24.3 Å². The van der Waals surface area contributed by atoms with E-state index >= 15 is 0 Å². The van der Waals surface area contributed by atoms with E-state index in [1.165, 1.54) is 18.2 Å². The molecule has 1 fully saturated rings. The summed E-state index contributed by atoms with van der Waals surface area (Å²) in [4.78, 5) is 27.3. The first-order valence-corrected chi connectivity index (χ1v) is 10.7. The number of hydrogen-bond donors (Lipinski definition) is 2. The first-order valence-electron chi connectivity index (χ1n) is 10.7. The van der Waals surface area contributed by atoms with Crippen LogP contribution < -0.4 is 15.5 Å². The lowest BCUT2D eigenvalue weighted by molar-refractivity contribution is 0.0929. The van der Waals surface area contributed by atoms with Gasteiger partial charge in [0.15, 0.2) is 0 Å². The van der Waals surface area contributed by atoms with Gasteiger partial charge in [0.2, 0.25) is 0 Å². The summed E-state index contributed by atoms with van der Waals surface area (Å²) in [6.07, 6.45) is 2.56. The minimum Gasteiger partial charge on any atom is -0.371 e. The third kappa shape index (κ3) is 5.59. The van der Waals surface area contributed by atoms with E-state index in [4.69, 9.17) is 0 Å². The van der Waals surface area contributed by atoms with Gasteiger partial charge in [-0.3, -0.25) is 9.59 Å². The zero-order valence-electron chi connectivity index (χ0n) is 17.7. The van der Waals surface area contributed by atoms with Gasteiger partial charge in [-0.1, -0.05) is 38.5 Å². The Kier molecular flexibility index (Phi) is 7.44. The average Bonchev–Trinajstić information content (AvgIpc) is 2.77. The molecular weight excluding hydrogens is 381 g/mol. The van der Waals surface area contributed by atoms with Gasteiger partial charge in [-0.05, 0) is 49.1 Å². The highest BCUT2D eigenvalue weighted by Crippen LogP contribution is 2.24. The number of nitrogens with zero attached hydrogens (tertiary/aromatic N) is 1. The molecule has 1 atom stereocenters. The standard InChI is InChI=1S/C24H30FN3O2/c1-3-17(2)16-26-24(30)21-9-4-5-10-22(21)28-13-11-20(12-14-28)27-23(29)18-7-6-8-19(25)15-18/h4-10,15,17,20H,3,11-14,16H2,1-2H3,(H,26,30)(H,27,29)/t17-/m1/s1. The van der Waals surface area contributed by atoms with Gasteiger partial charge in [-0.2, -0.15) is 0 Å². The summed E-state index contributed by atoms with van der Waals surface area (Å²) in [5.41, 5.74) is 1.94. The Balaban J connectivity index is 1.58. The van der Waals surface area contributed by atoms with Crippen molar-refractivity contribution < 1.29 is 14.0 Å². The van der Waals surface area contributed by atoms with Crippen molar-refractivity contribution in [2.45, 2.75) is 39.2 Å². The lowest BCUT2D eigenvalue weighted by Crippen LogP contribution is -2.45. The third-order valence-electron chi connectivity index (χ3n) is 5.71. The summed E-state index contributed by atoms with van der Waals surface area (Å²) < 4.78 is 13.3. The molecule has 1 aliphatic rings. The van der Waals surface area contributed by atoms with Crippen molar-refractivity contribution in [1.29, 1.82) is 0 Å². The second-order valence-corrected chi connectivity index (χ2v) is 7.99. The fourth-order valence-corrected chi connectivity index (χ4v) is 3.61. The van der Waals surface area contributed by atoms with Gasteiger partial charge in [-0.25, -0.2) is 4.39 Å². The Morgan fingerprint density at radius 3 is 2.53 bits per heavy atom. The number of hydrogen-bond acceptors (Lipinski definition) is 3. The van der Waals surface area contributed by atoms with Crippen molar-refractivity contribution in [1.82, 2.24) is 10.6 Å². The van der Waals surface area contributed by atoms with Gasteiger partial charge in [0.1, 0.15) is 5.82 Å². The van der Waals surface area contributed by atoms with E-state index in [1.54, 1.807) is 6.07 Å². The first kappa shape index (κ1) is 21.8. The number of carbonyl (C=O) groups excluding carboxylic acids is 2. The molecule has 6 heteroatoms. The van der Waals surface area contributed by atoms with Crippen LogP contribution in [0.3, 0.4) is 0 Å². The van der Waals surface area contributed by atoms with Crippen LogP contribution >= 0.6 is 0 Å². The lowest BCUT2D eigenvalue weighted by atomic mass is 10.0. The van der Waals surface area contributed by atoms with Gasteiger partial charge in [0.25, 0.3) is 11.8 Å².